The standard InChI is InChI=1S/C26H26ClNO3/c1-2-3-4-18-5-10-20(11-6-18)21-12-7-19(8-13-21)9-16-25(29)28-24-17-22(27)14-15-23(24)26(30)31/h5-8,10-15,17H,2-4,9,16H2,1H3,(H,28,29)(H,30,31). The summed E-state index contributed by atoms with van der Waals surface area (Å²) in [6.45, 7) is 2.20. The molecule has 3 aromatic rings. The third-order valence-corrected chi connectivity index (χ3v) is 5.42. The molecule has 2 N–H and O–H groups in total. The largest absolute Gasteiger partial charge is 0.478 e. The second-order valence-electron chi connectivity index (χ2n) is 7.54. The maximum absolute atomic E-state index is 12.3. The van der Waals surface area contributed by atoms with Gasteiger partial charge in [0, 0.05) is 11.4 Å². The van der Waals surface area contributed by atoms with Crippen LogP contribution in [0, 0.1) is 0 Å². The molecule has 0 aliphatic carbocycles. The number of unbranched alkanes of at least 4 members (excludes halogenated alkanes) is 1. The van der Waals surface area contributed by atoms with Crippen LogP contribution < -0.4 is 5.32 Å². The van der Waals surface area contributed by atoms with Gasteiger partial charge >= 0.3 is 5.97 Å². The normalized spacial score (nSPS) is 10.6. The number of aromatic carboxylic acids is 1. The zero-order valence-corrected chi connectivity index (χ0v) is 18.3. The highest BCUT2D eigenvalue weighted by Crippen LogP contribution is 2.23. The summed E-state index contributed by atoms with van der Waals surface area (Å²) in [6.07, 6.45) is 4.32. The number of nitrogens with one attached hydrogen (secondary N) is 1. The van der Waals surface area contributed by atoms with Gasteiger partial charge in [-0.3, -0.25) is 4.79 Å². The van der Waals surface area contributed by atoms with Gasteiger partial charge in [0.25, 0.3) is 0 Å². The van der Waals surface area contributed by atoms with Crippen LogP contribution in [0.3, 0.4) is 0 Å². The van der Waals surface area contributed by atoms with Crippen molar-refractivity contribution in [3.8, 4) is 11.1 Å². The Balaban J connectivity index is 1.57. The number of anilines is 1. The van der Waals surface area contributed by atoms with Gasteiger partial charge in [-0.1, -0.05) is 73.5 Å². The van der Waals surface area contributed by atoms with E-state index in [1.54, 1.807) is 0 Å². The molecule has 31 heavy (non-hydrogen) atoms. The Morgan fingerprint density at radius 3 is 2.00 bits per heavy atom. The summed E-state index contributed by atoms with van der Waals surface area (Å²) in [5, 5.41) is 12.3. The Morgan fingerprint density at radius 2 is 1.45 bits per heavy atom. The van der Waals surface area contributed by atoms with Crippen LogP contribution in [0.2, 0.25) is 5.02 Å². The quantitative estimate of drug-likeness (QED) is 0.397. The van der Waals surface area contributed by atoms with Crippen molar-refractivity contribution in [2.45, 2.75) is 39.0 Å². The average molecular weight is 436 g/mol. The van der Waals surface area contributed by atoms with Gasteiger partial charge in [-0.15, -0.1) is 0 Å². The molecule has 0 saturated heterocycles. The molecule has 0 aliphatic rings. The summed E-state index contributed by atoms with van der Waals surface area (Å²) in [6, 6.07) is 21.2. The van der Waals surface area contributed by atoms with E-state index in [9.17, 15) is 14.7 Å². The van der Waals surface area contributed by atoms with Crippen LogP contribution in [-0.4, -0.2) is 17.0 Å². The molecular formula is C26H26ClNO3. The van der Waals surface area contributed by atoms with Crippen molar-refractivity contribution in [2.75, 3.05) is 5.32 Å². The van der Waals surface area contributed by atoms with Gasteiger partial charge in [-0.05, 0) is 59.7 Å². The predicted molar refractivity (Wildman–Crippen MR) is 126 cm³/mol. The zero-order valence-electron chi connectivity index (χ0n) is 17.5. The second kappa shape index (κ2) is 10.8. The molecule has 0 unspecified atom stereocenters. The third-order valence-electron chi connectivity index (χ3n) is 5.19. The van der Waals surface area contributed by atoms with Crippen molar-refractivity contribution >= 4 is 29.2 Å². The van der Waals surface area contributed by atoms with E-state index < -0.39 is 5.97 Å². The summed E-state index contributed by atoms with van der Waals surface area (Å²) in [5.41, 5.74) is 4.94. The Bertz CT molecular complexity index is 1040. The fraction of sp³-hybridized carbons (Fsp3) is 0.231. The molecule has 0 radical (unpaired) electrons. The van der Waals surface area contributed by atoms with Crippen LogP contribution in [0.15, 0.2) is 66.7 Å². The van der Waals surface area contributed by atoms with E-state index in [-0.39, 0.29) is 23.6 Å². The number of benzene rings is 3. The summed E-state index contributed by atoms with van der Waals surface area (Å²) < 4.78 is 0. The molecule has 3 aromatic carbocycles. The highest BCUT2D eigenvalue weighted by Gasteiger charge is 2.13. The van der Waals surface area contributed by atoms with Crippen molar-refractivity contribution in [3.05, 3.63) is 88.4 Å². The lowest BCUT2D eigenvalue weighted by Gasteiger charge is -2.09. The lowest BCUT2D eigenvalue weighted by Crippen LogP contribution is -2.15. The van der Waals surface area contributed by atoms with E-state index in [4.69, 9.17) is 11.6 Å². The molecule has 5 heteroatoms. The Labute approximate surface area is 187 Å². The first-order valence-corrected chi connectivity index (χ1v) is 10.8. The van der Waals surface area contributed by atoms with Crippen LogP contribution >= 0.6 is 11.6 Å². The van der Waals surface area contributed by atoms with E-state index in [2.05, 4.69) is 48.6 Å². The predicted octanol–water partition coefficient (Wildman–Crippen LogP) is 6.62. The summed E-state index contributed by atoms with van der Waals surface area (Å²) >= 11 is 5.93. The molecule has 160 valence electrons. The number of carbonyl (C=O) groups is 2. The fourth-order valence-electron chi connectivity index (χ4n) is 3.39. The van der Waals surface area contributed by atoms with Gasteiger partial charge < -0.3 is 10.4 Å². The van der Waals surface area contributed by atoms with Crippen molar-refractivity contribution in [1.29, 1.82) is 0 Å². The molecule has 0 spiro atoms. The molecule has 0 bridgehead atoms. The van der Waals surface area contributed by atoms with Crippen molar-refractivity contribution in [1.82, 2.24) is 0 Å². The number of aryl methyl sites for hydroxylation is 2. The highest BCUT2D eigenvalue weighted by molar-refractivity contribution is 6.31. The number of rotatable bonds is 9. The van der Waals surface area contributed by atoms with Gasteiger partial charge in [0.1, 0.15) is 0 Å². The van der Waals surface area contributed by atoms with Crippen LogP contribution in [-0.2, 0) is 17.6 Å². The number of carboxylic acids is 1. The molecule has 0 atom stereocenters. The molecule has 0 saturated carbocycles. The summed E-state index contributed by atoms with van der Waals surface area (Å²) in [7, 11) is 0. The number of hydrogen-bond donors (Lipinski definition) is 2. The smallest absolute Gasteiger partial charge is 0.337 e. The number of hydrogen-bond acceptors (Lipinski definition) is 2. The van der Waals surface area contributed by atoms with Gasteiger partial charge in [0.05, 0.1) is 11.3 Å². The molecular weight excluding hydrogens is 410 g/mol. The minimum absolute atomic E-state index is 0.0165. The molecule has 0 aromatic heterocycles. The average Bonchev–Trinajstić information content (AvgIpc) is 2.77. The lowest BCUT2D eigenvalue weighted by atomic mass is 10.00. The van der Waals surface area contributed by atoms with E-state index in [1.165, 1.54) is 42.2 Å². The fourth-order valence-corrected chi connectivity index (χ4v) is 3.56. The van der Waals surface area contributed by atoms with E-state index in [0.29, 0.717) is 11.4 Å². The first-order valence-electron chi connectivity index (χ1n) is 10.5. The molecule has 0 fully saturated rings. The maximum Gasteiger partial charge on any atom is 0.337 e. The Morgan fingerprint density at radius 1 is 0.871 bits per heavy atom. The van der Waals surface area contributed by atoms with Gasteiger partial charge in [-0.25, -0.2) is 4.79 Å². The highest BCUT2D eigenvalue weighted by atomic mass is 35.5. The van der Waals surface area contributed by atoms with E-state index in [1.807, 2.05) is 12.1 Å². The maximum atomic E-state index is 12.3. The van der Waals surface area contributed by atoms with Crippen molar-refractivity contribution < 1.29 is 14.7 Å². The van der Waals surface area contributed by atoms with Gasteiger partial charge in [0.2, 0.25) is 5.91 Å². The Kier molecular flexibility index (Phi) is 7.85. The second-order valence-corrected chi connectivity index (χ2v) is 7.98. The van der Waals surface area contributed by atoms with Crippen molar-refractivity contribution in [3.63, 3.8) is 0 Å². The monoisotopic (exact) mass is 435 g/mol. The van der Waals surface area contributed by atoms with Crippen LogP contribution in [0.5, 0.6) is 0 Å². The first kappa shape index (κ1) is 22.6. The van der Waals surface area contributed by atoms with E-state index in [0.717, 1.165) is 17.5 Å². The molecule has 4 nitrogen and oxygen atoms in total. The molecule has 1 amide bonds. The minimum atomic E-state index is -1.11. The number of carbonyl (C=O) groups excluding carboxylic acids is 1. The molecule has 0 aliphatic heterocycles. The number of carboxylic acid groups (broad SMARTS) is 1. The van der Waals surface area contributed by atoms with Crippen LogP contribution in [0.4, 0.5) is 5.69 Å². The van der Waals surface area contributed by atoms with E-state index >= 15 is 0 Å². The summed E-state index contributed by atoms with van der Waals surface area (Å²) in [5.74, 6) is -1.36. The third kappa shape index (κ3) is 6.43. The summed E-state index contributed by atoms with van der Waals surface area (Å²) in [4.78, 5) is 23.6. The van der Waals surface area contributed by atoms with Gasteiger partial charge in [-0.2, -0.15) is 0 Å². The molecule has 0 heterocycles. The first-order chi connectivity index (χ1) is 15.0. The SMILES string of the molecule is CCCCc1ccc(-c2ccc(CCC(=O)Nc3cc(Cl)ccc3C(=O)O)cc2)cc1. The lowest BCUT2D eigenvalue weighted by molar-refractivity contribution is -0.116. The Hall–Kier alpha value is -3.11. The van der Waals surface area contributed by atoms with Crippen LogP contribution in [0.1, 0.15) is 47.7 Å². The van der Waals surface area contributed by atoms with Crippen molar-refractivity contribution in [2.24, 2.45) is 0 Å². The van der Waals surface area contributed by atoms with Gasteiger partial charge in [0.15, 0.2) is 0 Å². The minimum Gasteiger partial charge on any atom is -0.478 e. The number of halogens is 1. The topological polar surface area (TPSA) is 66.4 Å². The zero-order chi connectivity index (χ0) is 22.2. The van der Waals surface area contributed by atoms with Crippen LogP contribution in [0.25, 0.3) is 11.1 Å². The molecule has 3 rings (SSSR count). The number of amides is 1.